The molecule has 0 spiro atoms. The van der Waals surface area contributed by atoms with Crippen molar-refractivity contribution in [2.24, 2.45) is 0 Å². The predicted octanol–water partition coefficient (Wildman–Crippen LogP) is 3.52. The summed E-state index contributed by atoms with van der Waals surface area (Å²) in [5.41, 5.74) is 7.80. The molecule has 2 N–H and O–H groups in total. The zero-order valence-corrected chi connectivity index (χ0v) is 12.5. The lowest BCUT2D eigenvalue weighted by molar-refractivity contribution is 0.288. The van der Waals surface area contributed by atoms with Gasteiger partial charge in [0, 0.05) is 10.0 Å². The van der Waals surface area contributed by atoms with Gasteiger partial charge in [-0.1, -0.05) is 48.0 Å². The molecule has 0 radical (unpaired) electrons. The highest BCUT2D eigenvalue weighted by Crippen LogP contribution is 2.29. The van der Waals surface area contributed by atoms with Crippen molar-refractivity contribution >= 4 is 21.7 Å². The molecule has 0 unspecified atom stereocenters. The molecule has 0 atom stereocenters. The molecule has 4 nitrogen and oxygen atoms in total. The van der Waals surface area contributed by atoms with Crippen LogP contribution in [-0.4, -0.2) is 9.97 Å². The predicted molar refractivity (Wildman–Crippen MR) is 79.0 cm³/mol. The third kappa shape index (κ3) is 3.23. The van der Waals surface area contributed by atoms with Crippen LogP contribution in [0.25, 0.3) is 0 Å². The number of nitrogens with two attached hydrogens (primary N) is 1. The number of benzene rings is 1. The van der Waals surface area contributed by atoms with E-state index in [1.807, 2.05) is 38.1 Å². The van der Waals surface area contributed by atoms with Crippen molar-refractivity contribution in [3.8, 4) is 5.88 Å². The van der Waals surface area contributed by atoms with Crippen LogP contribution in [0.15, 0.2) is 35.1 Å². The first-order chi connectivity index (χ1) is 9.09. The van der Waals surface area contributed by atoms with Gasteiger partial charge in [-0.2, -0.15) is 0 Å². The van der Waals surface area contributed by atoms with Gasteiger partial charge >= 0.3 is 0 Å². The zero-order chi connectivity index (χ0) is 13.8. The molecule has 5 heteroatoms. The van der Waals surface area contributed by atoms with E-state index in [1.54, 1.807) is 0 Å². The van der Waals surface area contributed by atoms with Crippen molar-refractivity contribution in [1.82, 2.24) is 9.97 Å². The van der Waals surface area contributed by atoms with Crippen LogP contribution in [0.5, 0.6) is 5.88 Å². The standard InChI is InChI=1S/C14H16BrN3O/c1-9(2)12-13(16)17-8-18-14(12)19-7-10-5-3-4-6-11(10)15/h3-6,8-9H,7H2,1-2H3,(H2,16,17,18). The highest BCUT2D eigenvalue weighted by atomic mass is 79.9. The van der Waals surface area contributed by atoms with Crippen molar-refractivity contribution in [1.29, 1.82) is 0 Å². The lowest BCUT2D eigenvalue weighted by Crippen LogP contribution is -2.07. The number of anilines is 1. The van der Waals surface area contributed by atoms with E-state index in [0.29, 0.717) is 18.3 Å². The van der Waals surface area contributed by atoms with Crippen LogP contribution < -0.4 is 10.5 Å². The van der Waals surface area contributed by atoms with Crippen LogP contribution in [0.3, 0.4) is 0 Å². The Morgan fingerprint density at radius 3 is 2.68 bits per heavy atom. The fourth-order valence-corrected chi connectivity index (χ4v) is 2.21. The van der Waals surface area contributed by atoms with Gasteiger partial charge in [-0.3, -0.25) is 0 Å². The molecule has 0 saturated heterocycles. The first-order valence-electron chi connectivity index (χ1n) is 6.06. The number of nitrogens with zero attached hydrogens (tertiary/aromatic N) is 2. The van der Waals surface area contributed by atoms with Crippen LogP contribution in [-0.2, 0) is 6.61 Å². The molecule has 2 rings (SSSR count). The fourth-order valence-electron chi connectivity index (χ4n) is 1.81. The zero-order valence-electron chi connectivity index (χ0n) is 10.9. The largest absolute Gasteiger partial charge is 0.472 e. The molecule has 0 aliphatic rings. The first kappa shape index (κ1) is 13.8. The van der Waals surface area contributed by atoms with Gasteiger partial charge in [0.25, 0.3) is 0 Å². The summed E-state index contributed by atoms with van der Waals surface area (Å²) >= 11 is 3.49. The number of aromatic nitrogens is 2. The molecule has 100 valence electrons. The van der Waals surface area contributed by atoms with Crippen molar-refractivity contribution in [3.63, 3.8) is 0 Å². The summed E-state index contributed by atoms with van der Waals surface area (Å²) in [5.74, 6) is 1.25. The average Bonchev–Trinajstić information content (AvgIpc) is 2.37. The van der Waals surface area contributed by atoms with E-state index in [-0.39, 0.29) is 5.92 Å². The average molecular weight is 322 g/mol. The van der Waals surface area contributed by atoms with E-state index in [0.717, 1.165) is 15.6 Å². The maximum absolute atomic E-state index is 5.88. The Labute approximate surface area is 121 Å². The van der Waals surface area contributed by atoms with E-state index in [1.165, 1.54) is 6.33 Å². The molecule has 1 aromatic heterocycles. The second kappa shape index (κ2) is 6.02. The molecular weight excluding hydrogens is 306 g/mol. The Morgan fingerprint density at radius 1 is 1.26 bits per heavy atom. The first-order valence-corrected chi connectivity index (χ1v) is 6.85. The highest BCUT2D eigenvalue weighted by molar-refractivity contribution is 9.10. The number of hydrogen-bond acceptors (Lipinski definition) is 4. The molecule has 0 fully saturated rings. The van der Waals surface area contributed by atoms with Crippen LogP contribution in [0.4, 0.5) is 5.82 Å². The molecule has 0 aliphatic heterocycles. The second-order valence-corrected chi connectivity index (χ2v) is 5.37. The van der Waals surface area contributed by atoms with Gasteiger partial charge in [0.1, 0.15) is 18.8 Å². The maximum Gasteiger partial charge on any atom is 0.222 e. The number of hydrogen-bond donors (Lipinski definition) is 1. The van der Waals surface area contributed by atoms with Gasteiger partial charge in [0.05, 0.1) is 5.56 Å². The van der Waals surface area contributed by atoms with Crippen LogP contribution >= 0.6 is 15.9 Å². The molecule has 19 heavy (non-hydrogen) atoms. The fraction of sp³-hybridized carbons (Fsp3) is 0.286. The Morgan fingerprint density at radius 2 is 2.00 bits per heavy atom. The molecular formula is C14H16BrN3O. The molecule has 1 aromatic carbocycles. The number of rotatable bonds is 4. The topological polar surface area (TPSA) is 61.0 Å². The van der Waals surface area contributed by atoms with E-state index in [4.69, 9.17) is 10.5 Å². The molecule has 1 heterocycles. The molecule has 0 amide bonds. The van der Waals surface area contributed by atoms with Crippen LogP contribution in [0, 0.1) is 0 Å². The molecule has 0 aliphatic carbocycles. The summed E-state index contributed by atoms with van der Waals surface area (Å²) in [4.78, 5) is 8.19. The Hall–Kier alpha value is -1.62. The summed E-state index contributed by atoms with van der Waals surface area (Å²) in [6, 6.07) is 7.93. The quantitative estimate of drug-likeness (QED) is 0.935. The van der Waals surface area contributed by atoms with Gasteiger partial charge in [0.15, 0.2) is 0 Å². The smallest absolute Gasteiger partial charge is 0.222 e. The van der Waals surface area contributed by atoms with E-state index >= 15 is 0 Å². The Balaban J connectivity index is 2.21. The number of halogens is 1. The summed E-state index contributed by atoms with van der Waals surface area (Å²) in [6.45, 7) is 4.53. The molecule has 0 bridgehead atoms. The Kier molecular flexibility index (Phi) is 4.37. The van der Waals surface area contributed by atoms with Crippen molar-refractivity contribution < 1.29 is 4.74 Å². The van der Waals surface area contributed by atoms with Gasteiger partial charge < -0.3 is 10.5 Å². The number of nitrogen functional groups attached to an aromatic ring is 1. The minimum atomic E-state index is 0.218. The van der Waals surface area contributed by atoms with Gasteiger partial charge in [-0.25, -0.2) is 9.97 Å². The molecule has 0 saturated carbocycles. The summed E-state index contributed by atoms with van der Waals surface area (Å²) in [6.07, 6.45) is 1.43. The Bertz CT molecular complexity index is 572. The second-order valence-electron chi connectivity index (χ2n) is 4.51. The van der Waals surface area contributed by atoms with E-state index < -0.39 is 0 Å². The van der Waals surface area contributed by atoms with E-state index in [9.17, 15) is 0 Å². The normalized spacial score (nSPS) is 10.7. The third-order valence-electron chi connectivity index (χ3n) is 2.78. The third-order valence-corrected chi connectivity index (χ3v) is 3.55. The van der Waals surface area contributed by atoms with E-state index in [2.05, 4.69) is 25.9 Å². The lowest BCUT2D eigenvalue weighted by atomic mass is 10.1. The summed E-state index contributed by atoms with van der Waals surface area (Å²) in [7, 11) is 0. The monoisotopic (exact) mass is 321 g/mol. The lowest BCUT2D eigenvalue weighted by Gasteiger charge is -2.14. The van der Waals surface area contributed by atoms with Crippen molar-refractivity contribution in [2.75, 3.05) is 5.73 Å². The highest BCUT2D eigenvalue weighted by Gasteiger charge is 2.14. The summed E-state index contributed by atoms with van der Waals surface area (Å²) < 4.78 is 6.80. The van der Waals surface area contributed by atoms with Gasteiger partial charge in [0.2, 0.25) is 5.88 Å². The minimum absolute atomic E-state index is 0.218. The van der Waals surface area contributed by atoms with Gasteiger partial charge in [-0.15, -0.1) is 0 Å². The maximum atomic E-state index is 5.88. The SMILES string of the molecule is CC(C)c1c(N)ncnc1OCc1ccccc1Br. The van der Waals surface area contributed by atoms with Crippen LogP contribution in [0.1, 0.15) is 30.9 Å². The minimum Gasteiger partial charge on any atom is -0.472 e. The van der Waals surface area contributed by atoms with Crippen molar-refractivity contribution in [3.05, 3.63) is 46.2 Å². The molecule has 2 aromatic rings. The van der Waals surface area contributed by atoms with Crippen molar-refractivity contribution in [2.45, 2.75) is 26.4 Å². The van der Waals surface area contributed by atoms with Crippen LogP contribution in [0.2, 0.25) is 0 Å². The summed E-state index contributed by atoms with van der Waals surface area (Å²) in [5, 5.41) is 0. The van der Waals surface area contributed by atoms with Gasteiger partial charge in [-0.05, 0) is 12.0 Å². The number of ether oxygens (including phenoxy) is 1.